The summed E-state index contributed by atoms with van der Waals surface area (Å²) in [6.45, 7) is 9.14. The summed E-state index contributed by atoms with van der Waals surface area (Å²) >= 11 is 0. The number of rotatable bonds is 10. The molecule has 2 fully saturated rings. The average molecular weight is 446 g/mol. The number of nitrogens with one attached hydrogen (secondary N) is 2. The minimum atomic E-state index is 0.0741. The Bertz CT molecular complexity index is 743. The predicted molar refractivity (Wildman–Crippen MR) is 126 cm³/mol. The maximum absolute atomic E-state index is 5.85. The summed E-state index contributed by atoms with van der Waals surface area (Å²) in [5.74, 6) is 3.19. The first-order valence-electron chi connectivity index (χ1n) is 12.4. The van der Waals surface area contributed by atoms with E-state index in [0.29, 0.717) is 19.1 Å². The zero-order valence-corrected chi connectivity index (χ0v) is 19.5. The Balaban J connectivity index is 1.31. The highest BCUT2D eigenvalue weighted by atomic mass is 16.6. The first-order valence-corrected chi connectivity index (χ1v) is 12.4. The van der Waals surface area contributed by atoms with Crippen molar-refractivity contribution in [2.45, 2.75) is 50.9 Å². The predicted octanol–water partition coefficient (Wildman–Crippen LogP) is 3.27. The van der Waals surface area contributed by atoms with Gasteiger partial charge in [0.2, 0.25) is 0 Å². The summed E-state index contributed by atoms with van der Waals surface area (Å²) in [6.07, 6.45) is 6.91. The summed E-state index contributed by atoms with van der Waals surface area (Å²) in [5, 5.41) is 6.88. The average Bonchev–Trinajstić information content (AvgIpc) is 3.52. The molecule has 0 radical (unpaired) electrons. The summed E-state index contributed by atoms with van der Waals surface area (Å²) in [6, 6.07) is 6.46. The van der Waals surface area contributed by atoms with Crippen molar-refractivity contribution in [3.05, 3.63) is 23.8 Å². The van der Waals surface area contributed by atoms with Crippen molar-refractivity contribution in [2.24, 2.45) is 10.9 Å². The van der Waals surface area contributed by atoms with Crippen molar-refractivity contribution in [1.82, 2.24) is 10.6 Å². The zero-order chi connectivity index (χ0) is 22.1. The van der Waals surface area contributed by atoms with Gasteiger partial charge in [-0.15, -0.1) is 0 Å². The molecule has 178 valence electrons. The van der Waals surface area contributed by atoms with Crippen LogP contribution in [0.1, 0.15) is 51.0 Å². The molecule has 1 aromatic rings. The van der Waals surface area contributed by atoms with Gasteiger partial charge in [-0.2, -0.15) is 0 Å². The van der Waals surface area contributed by atoms with Crippen LogP contribution >= 0.6 is 0 Å². The Morgan fingerprint density at radius 1 is 1.12 bits per heavy atom. The van der Waals surface area contributed by atoms with Gasteiger partial charge < -0.3 is 29.6 Å². The molecule has 0 amide bonds. The molecular weight excluding hydrogens is 406 g/mol. The van der Waals surface area contributed by atoms with Gasteiger partial charge in [0.05, 0.1) is 19.8 Å². The Kier molecular flexibility index (Phi) is 8.51. The Labute approximate surface area is 192 Å². The lowest BCUT2D eigenvalue weighted by Crippen LogP contribution is -2.39. The Morgan fingerprint density at radius 2 is 1.97 bits per heavy atom. The van der Waals surface area contributed by atoms with Crippen molar-refractivity contribution < 1.29 is 18.9 Å². The number of hydrogen-bond donors (Lipinski definition) is 2. The van der Waals surface area contributed by atoms with Crippen molar-refractivity contribution in [3.8, 4) is 11.5 Å². The molecule has 0 bridgehead atoms. The number of nitrogens with zero attached hydrogens (tertiary/aromatic N) is 1. The van der Waals surface area contributed by atoms with Gasteiger partial charge in [-0.05, 0) is 50.3 Å². The van der Waals surface area contributed by atoms with Gasteiger partial charge >= 0.3 is 0 Å². The van der Waals surface area contributed by atoms with Crippen LogP contribution in [0.2, 0.25) is 0 Å². The Morgan fingerprint density at radius 3 is 2.75 bits per heavy atom. The van der Waals surface area contributed by atoms with Crippen LogP contribution in [0.25, 0.3) is 0 Å². The number of aliphatic imine (C=N–C) groups is 1. The second-order valence-electron chi connectivity index (χ2n) is 9.13. The van der Waals surface area contributed by atoms with E-state index in [1.807, 2.05) is 0 Å². The fourth-order valence-corrected chi connectivity index (χ4v) is 4.88. The van der Waals surface area contributed by atoms with Crippen molar-refractivity contribution in [1.29, 1.82) is 0 Å². The molecule has 3 aliphatic rings. The maximum Gasteiger partial charge on any atom is 0.191 e. The van der Waals surface area contributed by atoms with Gasteiger partial charge in [-0.3, -0.25) is 4.99 Å². The molecule has 1 atom stereocenters. The van der Waals surface area contributed by atoms with E-state index in [2.05, 4.69) is 35.8 Å². The minimum Gasteiger partial charge on any atom is -0.486 e. The van der Waals surface area contributed by atoms with Crippen LogP contribution in [0.15, 0.2) is 23.2 Å². The molecule has 4 rings (SSSR count). The molecule has 1 saturated heterocycles. The summed E-state index contributed by atoms with van der Waals surface area (Å²) in [4.78, 5) is 5.00. The van der Waals surface area contributed by atoms with E-state index in [0.717, 1.165) is 89.2 Å². The summed E-state index contributed by atoms with van der Waals surface area (Å²) in [7, 11) is 0. The van der Waals surface area contributed by atoms with Gasteiger partial charge in [0.25, 0.3) is 0 Å². The highest BCUT2D eigenvalue weighted by Gasteiger charge is 2.36. The summed E-state index contributed by atoms with van der Waals surface area (Å²) < 4.78 is 22.8. The standard InChI is InChI=1S/C25H39N3O4/c1-2-26-24(27-11-5-12-29-17-20-8-13-30-18-20)28-19-25(9-3-4-10-25)21-6-7-22-23(16-21)32-15-14-31-22/h6-7,16,20H,2-5,8-15,17-19H2,1H3,(H2,26,27,28). The molecule has 0 aromatic heterocycles. The van der Waals surface area contributed by atoms with Crippen LogP contribution in [-0.4, -0.2) is 65.2 Å². The molecular formula is C25H39N3O4. The number of benzene rings is 1. The topological polar surface area (TPSA) is 73.3 Å². The number of hydrogen-bond acceptors (Lipinski definition) is 5. The van der Waals surface area contributed by atoms with Crippen molar-refractivity contribution in [2.75, 3.05) is 59.3 Å². The SMILES string of the molecule is CCNC(=NCC1(c2ccc3c(c2)OCCO3)CCCC1)NCCCOCC1CCOC1. The number of guanidine groups is 1. The largest absolute Gasteiger partial charge is 0.486 e. The van der Waals surface area contributed by atoms with Crippen LogP contribution in [0.3, 0.4) is 0 Å². The van der Waals surface area contributed by atoms with Crippen LogP contribution in [0.5, 0.6) is 11.5 Å². The second-order valence-corrected chi connectivity index (χ2v) is 9.13. The van der Waals surface area contributed by atoms with Gasteiger partial charge in [0.15, 0.2) is 17.5 Å². The van der Waals surface area contributed by atoms with Gasteiger partial charge in [0.1, 0.15) is 13.2 Å². The lowest BCUT2D eigenvalue weighted by atomic mass is 9.79. The third-order valence-electron chi connectivity index (χ3n) is 6.73. The second kappa shape index (κ2) is 11.8. The third kappa shape index (κ3) is 6.07. The fraction of sp³-hybridized carbons (Fsp3) is 0.720. The van der Waals surface area contributed by atoms with E-state index >= 15 is 0 Å². The van der Waals surface area contributed by atoms with E-state index in [-0.39, 0.29) is 5.41 Å². The fourth-order valence-electron chi connectivity index (χ4n) is 4.88. The lowest BCUT2D eigenvalue weighted by molar-refractivity contribution is 0.0888. The van der Waals surface area contributed by atoms with E-state index in [1.54, 1.807) is 0 Å². The first-order chi connectivity index (χ1) is 15.8. The molecule has 0 spiro atoms. The van der Waals surface area contributed by atoms with Gasteiger partial charge in [-0.25, -0.2) is 0 Å². The quantitative estimate of drug-likeness (QED) is 0.327. The molecule has 1 aromatic carbocycles. The van der Waals surface area contributed by atoms with Gasteiger partial charge in [-0.1, -0.05) is 18.9 Å². The third-order valence-corrected chi connectivity index (χ3v) is 6.73. The van der Waals surface area contributed by atoms with E-state index in [9.17, 15) is 0 Å². The molecule has 1 unspecified atom stereocenters. The highest BCUT2D eigenvalue weighted by molar-refractivity contribution is 5.79. The molecule has 7 nitrogen and oxygen atoms in total. The van der Waals surface area contributed by atoms with Crippen LogP contribution in [-0.2, 0) is 14.9 Å². The lowest BCUT2D eigenvalue weighted by Gasteiger charge is -2.30. The van der Waals surface area contributed by atoms with Crippen LogP contribution < -0.4 is 20.1 Å². The first kappa shape index (κ1) is 23.2. The Hall–Kier alpha value is -1.99. The smallest absolute Gasteiger partial charge is 0.191 e. The highest BCUT2D eigenvalue weighted by Crippen LogP contribution is 2.44. The van der Waals surface area contributed by atoms with E-state index in [4.69, 9.17) is 23.9 Å². The summed E-state index contributed by atoms with van der Waals surface area (Å²) in [5.41, 5.74) is 1.40. The molecule has 2 aliphatic heterocycles. The monoisotopic (exact) mass is 445 g/mol. The van der Waals surface area contributed by atoms with Crippen molar-refractivity contribution >= 4 is 5.96 Å². The normalized spacial score (nSPS) is 22.2. The number of ether oxygens (including phenoxy) is 4. The van der Waals surface area contributed by atoms with E-state index < -0.39 is 0 Å². The van der Waals surface area contributed by atoms with Gasteiger partial charge in [0, 0.05) is 37.6 Å². The van der Waals surface area contributed by atoms with Crippen molar-refractivity contribution in [3.63, 3.8) is 0 Å². The zero-order valence-electron chi connectivity index (χ0n) is 19.5. The number of fused-ring (bicyclic) bond motifs is 1. The molecule has 1 aliphatic carbocycles. The minimum absolute atomic E-state index is 0.0741. The molecule has 7 heteroatoms. The molecule has 2 heterocycles. The van der Waals surface area contributed by atoms with Crippen LogP contribution in [0, 0.1) is 5.92 Å². The molecule has 32 heavy (non-hydrogen) atoms. The van der Waals surface area contributed by atoms with Crippen LogP contribution in [0.4, 0.5) is 0 Å². The maximum atomic E-state index is 5.85. The van der Waals surface area contributed by atoms with E-state index in [1.165, 1.54) is 18.4 Å². The molecule has 2 N–H and O–H groups in total. The molecule has 1 saturated carbocycles.